The summed E-state index contributed by atoms with van der Waals surface area (Å²) in [7, 11) is 0. The highest BCUT2D eigenvalue weighted by molar-refractivity contribution is 7.14. The predicted octanol–water partition coefficient (Wildman–Crippen LogP) is 0.951. The number of aromatic nitrogens is 2. The second kappa shape index (κ2) is 8.66. The average molecular weight is 430 g/mol. The van der Waals surface area contributed by atoms with Gasteiger partial charge in [-0.3, -0.25) is 14.5 Å². The first kappa shape index (κ1) is 20.1. The zero-order chi connectivity index (χ0) is 21.1. The van der Waals surface area contributed by atoms with Crippen LogP contribution in [0.15, 0.2) is 23.7 Å². The van der Waals surface area contributed by atoms with E-state index in [1.807, 2.05) is 11.0 Å². The van der Waals surface area contributed by atoms with Crippen molar-refractivity contribution in [3.63, 3.8) is 0 Å². The summed E-state index contributed by atoms with van der Waals surface area (Å²) in [5.41, 5.74) is 6.63. The number of thiazole rings is 1. The largest absolute Gasteiger partial charge is 0.369 e. The Hall–Kier alpha value is -3.21. The highest BCUT2D eigenvalue weighted by atomic mass is 32.1. The van der Waals surface area contributed by atoms with Gasteiger partial charge in [0.05, 0.1) is 29.9 Å². The van der Waals surface area contributed by atoms with Gasteiger partial charge in [0.2, 0.25) is 11.8 Å². The average Bonchev–Trinajstić information content (AvgIpc) is 3.37. The minimum absolute atomic E-state index is 0.111. The second-order valence-electron chi connectivity index (χ2n) is 7.32. The van der Waals surface area contributed by atoms with Gasteiger partial charge in [0.15, 0.2) is 5.13 Å². The zero-order valence-corrected chi connectivity index (χ0v) is 17.2. The van der Waals surface area contributed by atoms with Gasteiger partial charge >= 0.3 is 6.03 Å². The van der Waals surface area contributed by atoms with Crippen molar-refractivity contribution in [2.45, 2.75) is 19.3 Å². The number of primary amides is 1. The molecule has 0 bridgehead atoms. The summed E-state index contributed by atoms with van der Waals surface area (Å²) in [6, 6.07) is 3.45. The molecule has 4 N–H and O–H groups in total. The van der Waals surface area contributed by atoms with E-state index in [-0.39, 0.29) is 30.2 Å². The molecule has 0 saturated carbocycles. The van der Waals surface area contributed by atoms with E-state index in [0.717, 1.165) is 25.2 Å². The van der Waals surface area contributed by atoms with Crippen LogP contribution in [0.3, 0.4) is 0 Å². The molecule has 1 atom stereocenters. The Kier molecular flexibility index (Phi) is 5.79. The van der Waals surface area contributed by atoms with Crippen molar-refractivity contribution in [3.8, 4) is 0 Å². The molecule has 11 heteroatoms. The van der Waals surface area contributed by atoms with Crippen LogP contribution in [0, 0.1) is 5.92 Å². The van der Waals surface area contributed by atoms with Crippen LogP contribution in [-0.4, -0.2) is 54.0 Å². The van der Waals surface area contributed by atoms with E-state index in [1.165, 1.54) is 11.3 Å². The minimum Gasteiger partial charge on any atom is -0.369 e. The number of pyridine rings is 1. The Morgan fingerprint density at radius 3 is 2.90 bits per heavy atom. The fourth-order valence-electron chi connectivity index (χ4n) is 3.59. The summed E-state index contributed by atoms with van der Waals surface area (Å²) in [5.74, 6) is 0.111. The van der Waals surface area contributed by atoms with E-state index in [1.54, 1.807) is 22.5 Å². The maximum Gasteiger partial charge on any atom is 0.323 e. The van der Waals surface area contributed by atoms with Gasteiger partial charge < -0.3 is 21.3 Å². The summed E-state index contributed by atoms with van der Waals surface area (Å²) >= 11 is 1.34. The maximum absolute atomic E-state index is 12.4. The molecule has 2 saturated heterocycles. The molecule has 4 amide bonds. The summed E-state index contributed by atoms with van der Waals surface area (Å²) in [4.78, 5) is 47.9. The predicted molar refractivity (Wildman–Crippen MR) is 114 cm³/mol. The molecule has 0 radical (unpaired) electrons. The Morgan fingerprint density at radius 1 is 1.33 bits per heavy atom. The summed E-state index contributed by atoms with van der Waals surface area (Å²) in [5, 5.41) is 7.92. The van der Waals surface area contributed by atoms with Gasteiger partial charge in [-0.15, -0.1) is 11.3 Å². The number of carbonyl (C=O) groups is 3. The van der Waals surface area contributed by atoms with Gasteiger partial charge in [-0.25, -0.2) is 14.8 Å². The van der Waals surface area contributed by atoms with E-state index in [2.05, 4.69) is 20.6 Å². The van der Waals surface area contributed by atoms with Crippen LogP contribution >= 0.6 is 11.3 Å². The highest BCUT2D eigenvalue weighted by Crippen LogP contribution is 2.24. The number of rotatable bonds is 6. The SMILES string of the molecule is NC(=O)C1CCCN(c2ccc(NC(=O)Cc3csc(N4CCNC4=O)n3)cn2)C1. The molecule has 158 valence electrons. The number of nitrogens with zero attached hydrogens (tertiary/aromatic N) is 4. The van der Waals surface area contributed by atoms with Crippen molar-refractivity contribution in [2.75, 3.05) is 41.3 Å². The number of nitrogens with two attached hydrogens (primary N) is 1. The van der Waals surface area contributed by atoms with Crippen LogP contribution in [0.4, 0.5) is 21.4 Å². The first-order valence-electron chi connectivity index (χ1n) is 9.79. The quantitative estimate of drug-likeness (QED) is 0.626. The Bertz CT molecular complexity index is 946. The van der Waals surface area contributed by atoms with E-state index < -0.39 is 0 Å². The molecule has 10 nitrogen and oxygen atoms in total. The molecule has 2 aliphatic rings. The van der Waals surface area contributed by atoms with E-state index in [4.69, 9.17) is 5.73 Å². The first-order chi connectivity index (χ1) is 14.5. The number of hydrogen-bond acceptors (Lipinski definition) is 7. The van der Waals surface area contributed by atoms with Crippen LogP contribution in [0.5, 0.6) is 0 Å². The number of amides is 4. The standard InChI is InChI=1S/C19H23N7O3S/c20-17(28)12-2-1-6-25(10-12)15-4-3-13(9-22-15)23-16(27)8-14-11-30-19(24-14)26-7-5-21-18(26)29/h3-4,9,11-12H,1-2,5-8,10H2,(H2,20,28)(H,21,29)(H,23,27). The third kappa shape index (κ3) is 4.51. The van der Waals surface area contributed by atoms with Crippen LogP contribution in [0.1, 0.15) is 18.5 Å². The van der Waals surface area contributed by atoms with Crippen molar-refractivity contribution in [3.05, 3.63) is 29.4 Å². The maximum atomic E-state index is 12.4. The second-order valence-corrected chi connectivity index (χ2v) is 8.16. The van der Waals surface area contributed by atoms with E-state index >= 15 is 0 Å². The summed E-state index contributed by atoms with van der Waals surface area (Å²) in [6.07, 6.45) is 3.41. The first-order valence-corrected chi connectivity index (χ1v) is 10.7. The number of anilines is 3. The summed E-state index contributed by atoms with van der Waals surface area (Å²) < 4.78 is 0. The molecule has 2 aromatic rings. The molecule has 4 rings (SSSR count). The molecule has 4 heterocycles. The van der Waals surface area contributed by atoms with Gasteiger partial charge in [-0.2, -0.15) is 0 Å². The lowest BCUT2D eigenvalue weighted by atomic mass is 9.97. The monoisotopic (exact) mass is 429 g/mol. The van der Waals surface area contributed by atoms with Crippen molar-refractivity contribution >= 4 is 45.8 Å². The topological polar surface area (TPSA) is 134 Å². The molecule has 2 aliphatic heterocycles. The van der Waals surface area contributed by atoms with Crippen LogP contribution in [0.2, 0.25) is 0 Å². The Balaban J connectivity index is 1.32. The lowest BCUT2D eigenvalue weighted by molar-refractivity contribution is -0.122. The number of nitrogens with one attached hydrogen (secondary N) is 2. The van der Waals surface area contributed by atoms with Gasteiger partial charge in [-0.1, -0.05) is 0 Å². The molecule has 30 heavy (non-hydrogen) atoms. The van der Waals surface area contributed by atoms with E-state index in [0.29, 0.717) is 36.1 Å². The van der Waals surface area contributed by atoms with Gasteiger partial charge in [0, 0.05) is 31.6 Å². The molecule has 1 unspecified atom stereocenters. The molecule has 0 aromatic carbocycles. The minimum atomic E-state index is -0.279. The normalized spacial score (nSPS) is 18.9. The third-order valence-electron chi connectivity index (χ3n) is 5.15. The van der Waals surface area contributed by atoms with E-state index in [9.17, 15) is 14.4 Å². The van der Waals surface area contributed by atoms with Crippen molar-refractivity contribution in [2.24, 2.45) is 11.7 Å². The molecule has 0 aliphatic carbocycles. The summed E-state index contributed by atoms with van der Waals surface area (Å²) in [6.45, 7) is 2.56. The van der Waals surface area contributed by atoms with Gasteiger partial charge in [0.25, 0.3) is 0 Å². The smallest absolute Gasteiger partial charge is 0.323 e. The molecular weight excluding hydrogens is 406 g/mol. The fraction of sp³-hybridized carbons (Fsp3) is 0.421. The molecular formula is C19H23N7O3S. The third-order valence-corrected chi connectivity index (χ3v) is 6.06. The fourth-order valence-corrected chi connectivity index (χ4v) is 4.44. The molecule has 2 aromatic heterocycles. The van der Waals surface area contributed by atoms with Crippen molar-refractivity contribution in [1.29, 1.82) is 0 Å². The Morgan fingerprint density at radius 2 is 2.20 bits per heavy atom. The van der Waals surface area contributed by atoms with Gasteiger partial charge in [0.1, 0.15) is 5.82 Å². The molecule has 2 fully saturated rings. The zero-order valence-electron chi connectivity index (χ0n) is 16.3. The lowest BCUT2D eigenvalue weighted by Crippen LogP contribution is -2.41. The number of hydrogen-bond donors (Lipinski definition) is 3. The highest BCUT2D eigenvalue weighted by Gasteiger charge is 2.25. The Labute approximate surface area is 177 Å². The van der Waals surface area contributed by atoms with Crippen molar-refractivity contribution in [1.82, 2.24) is 15.3 Å². The number of carbonyl (C=O) groups excluding carboxylic acids is 3. The van der Waals surface area contributed by atoms with Crippen molar-refractivity contribution < 1.29 is 14.4 Å². The lowest BCUT2D eigenvalue weighted by Gasteiger charge is -2.32. The van der Waals surface area contributed by atoms with Crippen LogP contribution in [-0.2, 0) is 16.0 Å². The number of piperidine rings is 1. The van der Waals surface area contributed by atoms with Crippen LogP contribution in [0.25, 0.3) is 0 Å². The molecule has 0 spiro atoms. The number of urea groups is 1. The van der Waals surface area contributed by atoms with Gasteiger partial charge in [-0.05, 0) is 25.0 Å². The van der Waals surface area contributed by atoms with Crippen LogP contribution < -0.4 is 26.2 Å².